The molecule has 0 bridgehead atoms. The predicted molar refractivity (Wildman–Crippen MR) is 132 cm³/mol. The number of ketones is 1. The number of fused-ring (bicyclic) bond motifs is 1. The smallest absolute Gasteiger partial charge is 0.238 e. The van der Waals surface area contributed by atoms with Crippen LogP contribution in [-0.2, 0) is 19.8 Å². The maximum absolute atomic E-state index is 12.9. The van der Waals surface area contributed by atoms with Gasteiger partial charge in [0.15, 0.2) is 5.78 Å². The minimum Gasteiger partial charge on any atom is -0.347 e. The van der Waals surface area contributed by atoms with Crippen LogP contribution in [0.25, 0.3) is 0 Å². The molecule has 2 amide bonds. The van der Waals surface area contributed by atoms with E-state index in [4.69, 9.17) is 0 Å². The minimum absolute atomic E-state index is 0.0351. The zero-order valence-electron chi connectivity index (χ0n) is 19.9. The van der Waals surface area contributed by atoms with E-state index < -0.39 is 0 Å². The number of anilines is 3. The molecule has 0 aliphatic carbocycles. The molecule has 2 aromatic carbocycles. The Morgan fingerprint density at radius 3 is 2.15 bits per heavy atom. The van der Waals surface area contributed by atoms with Gasteiger partial charge >= 0.3 is 0 Å². The molecule has 0 unspecified atom stereocenters. The zero-order chi connectivity index (χ0) is 24.2. The number of carbonyl (C=O) groups is 3. The molecule has 2 aromatic rings. The number of benzene rings is 2. The van der Waals surface area contributed by atoms with E-state index in [2.05, 4.69) is 41.5 Å². The summed E-state index contributed by atoms with van der Waals surface area (Å²) in [4.78, 5) is 40.4. The highest BCUT2D eigenvalue weighted by atomic mass is 16.2. The van der Waals surface area contributed by atoms with Gasteiger partial charge in [0.2, 0.25) is 11.8 Å². The number of nitrogens with zero attached hydrogens (tertiary/aromatic N) is 2. The molecule has 0 spiro atoms. The van der Waals surface area contributed by atoms with Gasteiger partial charge in [-0.25, -0.2) is 0 Å². The summed E-state index contributed by atoms with van der Waals surface area (Å²) in [6, 6.07) is 15.1. The number of carbonyl (C=O) groups excluding carboxylic acids is 3. The molecule has 7 heteroatoms. The van der Waals surface area contributed by atoms with Crippen LogP contribution >= 0.6 is 0 Å². The molecule has 3 rings (SSSR count). The normalized spacial score (nSPS) is 15.5. The van der Waals surface area contributed by atoms with Crippen molar-refractivity contribution in [3.05, 3.63) is 65.9 Å². The number of rotatable bonds is 8. The summed E-state index contributed by atoms with van der Waals surface area (Å²) in [5.41, 5.74) is 4.29. The van der Waals surface area contributed by atoms with Crippen LogP contribution in [0.4, 0.5) is 17.1 Å². The SMILES string of the molecule is CCN(CC(=O)/C=C1\N(C)c2ccccc2C1(C)C)CC(=O)Nc1ccc(NC(C)=O)cc1. The Morgan fingerprint density at radius 1 is 0.970 bits per heavy atom. The molecule has 174 valence electrons. The molecular weight excluding hydrogens is 416 g/mol. The van der Waals surface area contributed by atoms with Crippen molar-refractivity contribution >= 4 is 34.7 Å². The quantitative estimate of drug-likeness (QED) is 0.601. The van der Waals surface area contributed by atoms with Crippen molar-refractivity contribution in [2.75, 3.05) is 42.2 Å². The second-order valence-electron chi connectivity index (χ2n) is 8.81. The lowest BCUT2D eigenvalue weighted by Gasteiger charge is -2.24. The number of hydrogen-bond donors (Lipinski definition) is 2. The van der Waals surface area contributed by atoms with Gasteiger partial charge in [0, 0.05) is 48.2 Å². The van der Waals surface area contributed by atoms with Gasteiger partial charge < -0.3 is 15.5 Å². The summed E-state index contributed by atoms with van der Waals surface area (Å²) < 4.78 is 0. The summed E-state index contributed by atoms with van der Waals surface area (Å²) >= 11 is 0. The third-order valence-corrected chi connectivity index (χ3v) is 5.92. The van der Waals surface area contributed by atoms with Crippen LogP contribution in [-0.4, -0.2) is 49.2 Å². The topological polar surface area (TPSA) is 81.8 Å². The van der Waals surface area contributed by atoms with Crippen LogP contribution in [0, 0.1) is 0 Å². The molecule has 7 nitrogen and oxygen atoms in total. The molecule has 0 saturated carbocycles. The summed E-state index contributed by atoms with van der Waals surface area (Å²) in [6.07, 6.45) is 1.71. The van der Waals surface area contributed by atoms with Crippen LogP contribution in [0.15, 0.2) is 60.3 Å². The Hall–Kier alpha value is -3.45. The Labute approximate surface area is 195 Å². The lowest BCUT2D eigenvalue weighted by Crippen LogP contribution is -2.37. The number of allylic oxidation sites excluding steroid dienone is 1. The van der Waals surface area contributed by atoms with Gasteiger partial charge in [-0.05, 0) is 42.4 Å². The van der Waals surface area contributed by atoms with Crippen molar-refractivity contribution < 1.29 is 14.4 Å². The molecular formula is C26H32N4O3. The number of para-hydroxylation sites is 1. The first kappa shape index (κ1) is 24.2. The zero-order valence-corrected chi connectivity index (χ0v) is 19.9. The van der Waals surface area contributed by atoms with Gasteiger partial charge in [0.25, 0.3) is 0 Å². The average Bonchev–Trinajstić information content (AvgIpc) is 2.95. The molecule has 1 aliphatic heterocycles. The fourth-order valence-corrected chi connectivity index (χ4v) is 4.20. The molecule has 0 atom stereocenters. The second kappa shape index (κ2) is 10.0. The first-order chi connectivity index (χ1) is 15.6. The van der Waals surface area contributed by atoms with Gasteiger partial charge in [-0.1, -0.05) is 39.0 Å². The molecule has 0 radical (unpaired) electrons. The molecule has 0 fully saturated rings. The molecule has 2 N–H and O–H groups in total. The second-order valence-corrected chi connectivity index (χ2v) is 8.81. The van der Waals surface area contributed by atoms with E-state index in [9.17, 15) is 14.4 Å². The molecule has 33 heavy (non-hydrogen) atoms. The largest absolute Gasteiger partial charge is 0.347 e. The van der Waals surface area contributed by atoms with E-state index in [1.807, 2.05) is 31.0 Å². The Kier molecular flexibility index (Phi) is 7.33. The summed E-state index contributed by atoms with van der Waals surface area (Å²) in [6.45, 7) is 8.46. The van der Waals surface area contributed by atoms with Crippen molar-refractivity contribution in [2.24, 2.45) is 0 Å². The number of nitrogens with one attached hydrogen (secondary N) is 2. The minimum atomic E-state index is -0.265. The Balaban J connectivity index is 1.61. The van der Waals surface area contributed by atoms with Gasteiger partial charge in [-0.3, -0.25) is 19.3 Å². The van der Waals surface area contributed by atoms with E-state index in [-0.39, 0.29) is 36.1 Å². The van der Waals surface area contributed by atoms with Crippen LogP contribution in [0.2, 0.25) is 0 Å². The number of hydrogen-bond acceptors (Lipinski definition) is 5. The van der Waals surface area contributed by atoms with Crippen LogP contribution < -0.4 is 15.5 Å². The summed E-state index contributed by atoms with van der Waals surface area (Å²) in [5.74, 6) is -0.386. The number of likely N-dealkylation sites (N-methyl/N-ethyl adjacent to an activating group) is 2. The highest BCUT2D eigenvalue weighted by molar-refractivity contribution is 5.96. The summed E-state index contributed by atoms with van der Waals surface area (Å²) in [7, 11) is 1.98. The fraction of sp³-hybridized carbons (Fsp3) is 0.346. The van der Waals surface area contributed by atoms with Crippen LogP contribution in [0.1, 0.15) is 33.3 Å². The maximum Gasteiger partial charge on any atom is 0.238 e. The van der Waals surface area contributed by atoms with E-state index in [1.165, 1.54) is 12.5 Å². The van der Waals surface area contributed by atoms with Crippen LogP contribution in [0.3, 0.4) is 0 Å². The molecule has 0 aromatic heterocycles. The first-order valence-corrected chi connectivity index (χ1v) is 11.1. The highest BCUT2D eigenvalue weighted by Crippen LogP contribution is 2.46. The van der Waals surface area contributed by atoms with Crippen molar-refractivity contribution in [1.29, 1.82) is 0 Å². The Bertz CT molecular complexity index is 1070. The first-order valence-electron chi connectivity index (χ1n) is 11.1. The van der Waals surface area contributed by atoms with Crippen LogP contribution in [0.5, 0.6) is 0 Å². The highest BCUT2D eigenvalue weighted by Gasteiger charge is 2.38. The standard InChI is InChI=1S/C26H32N4O3/c1-6-30(17-25(33)28-20-13-11-19(12-14-20)27-18(2)31)16-21(32)15-24-26(3,4)22-9-7-8-10-23(22)29(24)5/h7-15H,6,16-17H2,1-5H3,(H,27,31)(H,28,33)/b24-15-. The van der Waals surface area contributed by atoms with E-state index in [0.717, 1.165) is 11.4 Å². The maximum atomic E-state index is 12.9. The van der Waals surface area contributed by atoms with Gasteiger partial charge in [-0.15, -0.1) is 0 Å². The number of amides is 2. The third kappa shape index (κ3) is 5.68. The molecule has 0 saturated heterocycles. The summed E-state index contributed by atoms with van der Waals surface area (Å²) in [5, 5.41) is 5.52. The molecule has 1 heterocycles. The van der Waals surface area contributed by atoms with Crippen molar-refractivity contribution in [1.82, 2.24) is 4.90 Å². The average molecular weight is 449 g/mol. The van der Waals surface area contributed by atoms with Crippen molar-refractivity contribution in [2.45, 2.75) is 33.1 Å². The van der Waals surface area contributed by atoms with Gasteiger partial charge in [0.05, 0.1) is 13.1 Å². The lowest BCUT2D eigenvalue weighted by molar-refractivity contribution is -0.119. The lowest BCUT2D eigenvalue weighted by atomic mass is 9.83. The van der Waals surface area contributed by atoms with Gasteiger partial charge in [-0.2, -0.15) is 0 Å². The fourth-order valence-electron chi connectivity index (χ4n) is 4.20. The third-order valence-electron chi connectivity index (χ3n) is 5.92. The Morgan fingerprint density at radius 2 is 1.58 bits per heavy atom. The monoisotopic (exact) mass is 448 g/mol. The van der Waals surface area contributed by atoms with E-state index in [1.54, 1.807) is 30.3 Å². The van der Waals surface area contributed by atoms with Crippen molar-refractivity contribution in [3.63, 3.8) is 0 Å². The van der Waals surface area contributed by atoms with E-state index >= 15 is 0 Å². The predicted octanol–water partition coefficient (Wildman–Crippen LogP) is 3.79. The van der Waals surface area contributed by atoms with Gasteiger partial charge in [0.1, 0.15) is 0 Å². The van der Waals surface area contributed by atoms with Crippen molar-refractivity contribution in [3.8, 4) is 0 Å². The van der Waals surface area contributed by atoms with E-state index in [0.29, 0.717) is 17.9 Å². The molecule has 1 aliphatic rings.